The third kappa shape index (κ3) is 3.84. The first-order chi connectivity index (χ1) is 10.3. The van der Waals surface area contributed by atoms with Gasteiger partial charge in [0.25, 0.3) is 0 Å². The van der Waals surface area contributed by atoms with E-state index < -0.39 is 11.6 Å². The van der Waals surface area contributed by atoms with E-state index in [9.17, 15) is 14.7 Å². The van der Waals surface area contributed by atoms with Crippen LogP contribution in [0.5, 0.6) is 0 Å². The van der Waals surface area contributed by atoms with Gasteiger partial charge in [0.15, 0.2) is 0 Å². The van der Waals surface area contributed by atoms with E-state index in [0.29, 0.717) is 25.1 Å². The van der Waals surface area contributed by atoms with Crippen LogP contribution in [0.25, 0.3) is 5.57 Å². The lowest BCUT2D eigenvalue weighted by Gasteiger charge is -2.29. The largest absolute Gasteiger partial charge is 0.478 e. The minimum absolute atomic E-state index is 0.229. The highest BCUT2D eigenvalue weighted by Gasteiger charge is 2.25. The second kappa shape index (κ2) is 6.17. The van der Waals surface area contributed by atoms with Crippen molar-refractivity contribution in [2.45, 2.75) is 32.8 Å². The number of aromatic nitrogens is 1. The van der Waals surface area contributed by atoms with E-state index in [1.54, 1.807) is 11.1 Å². The number of hydrogen-bond donors (Lipinski definition) is 1. The van der Waals surface area contributed by atoms with Gasteiger partial charge in [0.2, 0.25) is 0 Å². The quantitative estimate of drug-likeness (QED) is 0.908. The van der Waals surface area contributed by atoms with Gasteiger partial charge in [-0.1, -0.05) is 6.08 Å². The number of nitrogens with zero attached hydrogens (tertiary/aromatic N) is 2. The topological polar surface area (TPSA) is 79.7 Å². The molecule has 1 amide bonds. The van der Waals surface area contributed by atoms with Gasteiger partial charge in [-0.25, -0.2) is 9.59 Å². The van der Waals surface area contributed by atoms with E-state index in [4.69, 9.17) is 4.74 Å². The molecule has 2 rings (SSSR count). The average molecular weight is 304 g/mol. The Labute approximate surface area is 129 Å². The molecule has 0 atom stereocenters. The van der Waals surface area contributed by atoms with Gasteiger partial charge in [-0.15, -0.1) is 0 Å². The molecule has 0 bridgehead atoms. The zero-order valence-corrected chi connectivity index (χ0v) is 13.0. The van der Waals surface area contributed by atoms with E-state index in [1.165, 1.54) is 12.3 Å². The summed E-state index contributed by atoms with van der Waals surface area (Å²) in [6.07, 6.45) is 5.09. The molecule has 0 spiro atoms. The van der Waals surface area contributed by atoms with Crippen LogP contribution in [0, 0.1) is 0 Å². The van der Waals surface area contributed by atoms with Crippen molar-refractivity contribution in [3.8, 4) is 0 Å². The molecule has 1 N–H and O–H groups in total. The zero-order chi connectivity index (χ0) is 16.3. The van der Waals surface area contributed by atoms with E-state index in [1.807, 2.05) is 26.8 Å². The van der Waals surface area contributed by atoms with Crippen LogP contribution >= 0.6 is 0 Å². The van der Waals surface area contributed by atoms with E-state index in [2.05, 4.69) is 4.98 Å². The maximum Gasteiger partial charge on any atom is 0.410 e. The summed E-state index contributed by atoms with van der Waals surface area (Å²) in [4.78, 5) is 28.9. The lowest BCUT2D eigenvalue weighted by Crippen LogP contribution is -2.39. The summed E-state index contributed by atoms with van der Waals surface area (Å²) < 4.78 is 5.33. The predicted octanol–water partition coefficient (Wildman–Crippen LogP) is 2.80. The molecular formula is C16H20N2O4. The number of ether oxygens (including phenoxy) is 1. The van der Waals surface area contributed by atoms with Gasteiger partial charge in [0.05, 0.1) is 5.56 Å². The number of carbonyl (C=O) groups excluding carboxylic acids is 1. The number of carbonyl (C=O) groups is 2. The summed E-state index contributed by atoms with van der Waals surface area (Å²) in [5, 5.41) is 9.22. The van der Waals surface area contributed by atoms with Crippen molar-refractivity contribution < 1.29 is 19.4 Å². The molecule has 0 fully saturated rings. The van der Waals surface area contributed by atoms with Gasteiger partial charge in [-0.2, -0.15) is 0 Å². The third-order valence-electron chi connectivity index (χ3n) is 3.26. The summed E-state index contributed by atoms with van der Waals surface area (Å²) in [5.41, 5.74) is 1.21. The first-order valence-electron chi connectivity index (χ1n) is 7.12. The van der Waals surface area contributed by atoms with Crippen LogP contribution in [0.4, 0.5) is 4.79 Å². The van der Waals surface area contributed by atoms with Crippen molar-refractivity contribution in [3.05, 3.63) is 35.7 Å². The van der Waals surface area contributed by atoms with Crippen LogP contribution < -0.4 is 0 Å². The molecule has 1 aromatic heterocycles. The average Bonchev–Trinajstić information content (AvgIpc) is 2.45. The zero-order valence-electron chi connectivity index (χ0n) is 13.0. The fraction of sp³-hybridized carbons (Fsp3) is 0.438. The lowest BCUT2D eigenvalue weighted by molar-refractivity contribution is 0.0270. The Hall–Kier alpha value is -2.37. The Morgan fingerprint density at radius 1 is 1.36 bits per heavy atom. The standard InChI is InChI=1S/C16H20N2O4/c1-16(2,3)22-15(21)18-8-5-11(6-9-18)13-10-17-7-4-12(13)14(19)20/h4-5,7,10H,6,8-9H2,1-3H3,(H,19,20). The molecule has 0 radical (unpaired) electrons. The lowest BCUT2D eigenvalue weighted by atomic mass is 9.97. The fourth-order valence-electron chi connectivity index (χ4n) is 2.24. The minimum atomic E-state index is -0.979. The van der Waals surface area contributed by atoms with Crippen LogP contribution in [0.15, 0.2) is 24.5 Å². The highest BCUT2D eigenvalue weighted by Crippen LogP contribution is 2.25. The molecule has 0 aromatic carbocycles. The van der Waals surface area contributed by atoms with E-state index >= 15 is 0 Å². The maximum atomic E-state index is 12.0. The third-order valence-corrected chi connectivity index (χ3v) is 3.26. The number of hydrogen-bond acceptors (Lipinski definition) is 4. The molecule has 6 heteroatoms. The normalized spacial score (nSPS) is 15.2. The Balaban J connectivity index is 2.12. The SMILES string of the molecule is CC(C)(C)OC(=O)N1CC=C(c2cnccc2C(=O)O)CC1. The Kier molecular flexibility index (Phi) is 4.49. The van der Waals surface area contributed by atoms with Gasteiger partial charge in [0.1, 0.15) is 5.60 Å². The van der Waals surface area contributed by atoms with E-state index in [0.717, 1.165) is 5.57 Å². The van der Waals surface area contributed by atoms with Crippen molar-refractivity contribution in [2.75, 3.05) is 13.1 Å². The van der Waals surface area contributed by atoms with Crippen LogP contribution in [0.2, 0.25) is 0 Å². The highest BCUT2D eigenvalue weighted by atomic mass is 16.6. The number of rotatable bonds is 2. The summed E-state index contributed by atoms with van der Waals surface area (Å²) in [6.45, 7) is 6.37. The first kappa shape index (κ1) is 16.0. The molecule has 0 unspecified atom stereocenters. The monoisotopic (exact) mass is 304 g/mol. The van der Waals surface area contributed by atoms with Crippen LogP contribution in [0.1, 0.15) is 43.1 Å². The number of amides is 1. The van der Waals surface area contributed by atoms with Gasteiger partial charge < -0.3 is 14.7 Å². The Morgan fingerprint density at radius 3 is 2.64 bits per heavy atom. The molecule has 1 aliphatic rings. The molecule has 6 nitrogen and oxygen atoms in total. The van der Waals surface area contributed by atoms with Crippen molar-refractivity contribution >= 4 is 17.6 Å². The molecule has 0 saturated carbocycles. The van der Waals surface area contributed by atoms with Crippen molar-refractivity contribution in [1.82, 2.24) is 9.88 Å². The van der Waals surface area contributed by atoms with Crippen molar-refractivity contribution in [1.29, 1.82) is 0 Å². The van der Waals surface area contributed by atoms with Gasteiger partial charge in [-0.05, 0) is 38.8 Å². The molecule has 1 aliphatic heterocycles. The van der Waals surface area contributed by atoms with Crippen molar-refractivity contribution in [2.24, 2.45) is 0 Å². The number of carboxylic acid groups (broad SMARTS) is 1. The Morgan fingerprint density at radius 2 is 2.09 bits per heavy atom. The number of aromatic carboxylic acids is 1. The minimum Gasteiger partial charge on any atom is -0.478 e. The van der Waals surface area contributed by atoms with Gasteiger partial charge >= 0.3 is 12.1 Å². The van der Waals surface area contributed by atoms with Gasteiger partial charge in [0, 0.05) is 31.0 Å². The summed E-state index contributed by atoms with van der Waals surface area (Å²) >= 11 is 0. The number of carboxylic acids is 1. The molecular weight excluding hydrogens is 284 g/mol. The second-order valence-corrected chi connectivity index (χ2v) is 6.13. The summed E-state index contributed by atoms with van der Waals surface area (Å²) in [5.74, 6) is -0.979. The molecule has 2 heterocycles. The van der Waals surface area contributed by atoms with Crippen LogP contribution in [-0.4, -0.2) is 45.7 Å². The molecule has 118 valence electrons. The molecule has 1 aromatic rings. The molecule has 0 aliphatic carbocycles. The summed E-state index contributed by atoms with van der Waals surface area (Å²) in [7, 11) is 0. The molecule has 22 heavy (non-hydrogen) atoms. The van der Waals surface area contributed by atoms with Crippen LogP contribution in [-0.2, 0) is 4.74 Å². The summed E-state index contributed by atoms with van der Waals surface area (Å²) in [6, 6.07) is 1.48. The number of pyridine rings is 1. The molecule has 0 saturated heterocycles. The smallest absolute Gasteiger partial charge is 0.410 e. The van der Waals surface area contributed by atoms with Crippen molar-refractivity contribution in [3.63, 3.8) is 0 Å². The predicted molar refractivity (Wildman–Crippen MR) is 81.6 cm³/mol. The maximum absolute atomic E-state index is 12.0. The first-order valence-corrected chi connectivity index (χ1v) is 7.12. The Bertz CT molecular complexity index is 617. The van der Waals surface area contributed by atoms with Gasteiger partial charge in [-0.3, -0.25) is 4.98 Å². The highest BCUT2D eigenvalue weighted by molar-refractivity contribution is 5.94. The van der Waals surface area contributed by atoms with Crippen LogP contribution in [0.3, 0.4) is 0 Å². The second-order valence-electron chi connectivity index (χ2n) is 6.13. The fourth-order valence-corrected chi connectivity index (χ4v) is 2.24. The van der Waals surface area contributed by atoms with E-state index in [-0.39, 0.29) is 11.7 Å².